The molecule has 3 atom stereocenters. The number of hydrogen-bond donors (Lipinski definition) is 4. The first-order chi connectivity index (χ1) is 21.1. The van der Waals surface area contributed by atoms with Crippen molar-refractivity contribution < 1.29 is 20.1 Å². The fourth-order valence-electron chi connectivity index (χ4n) is 5.41. The van der Waals surface area contributed by atoms with E-state index in [0.29, 0.717) is 12.8 Å². The second-order valence-electron chi connectivity index (χ2n) is 12.4. The van der Waals surface area contributed by atoms with E-state index in [1.165, 1.54) is 103 Å². The molecule has 0 aromatic carbocycles. The van der Waals surface area contributed by atoms with Crippen molar-refractivity contribution in [1.82, 2.24) is 5.32 Å². The number of hydrogen-bond acceptors (Lipinski definition) is 4. The molecule has 0 rings (SSSR count). The Labute approximate surface area is 266 Å². The van der Waals surface area contributed by atoms with Gasteiger partial charge in [0.25, 0.3) is 0 Å². The average molecular weight is 606 g/mol. The highest BCUT2D eigenvalue weighted by molar-refractivity contribution is 5.76. The fraction of sp³-hybridized carbons (Fsp3) is 0.816. The first-order valence-electron chi connectivity index (χ1n) is 18.2. The number of carbonyl (C=O) groups excluding carboxylic acids is 1. The van der Waals surface area contributed by atoms with Crippen LogP contribution in [-0.4, -0.2) is 46.1 Å². The van der Waals surface area contributed by atoms with E-state index in [2.05, 4.69) is 42.6 Å². The van der Waals surface area contributed by atoms with Crippen molar-refractivity contribution in [3.05, 3.63) is 36.5 Å². The average Bonchev–Trinajstić information content (AvgIpc) is 3.01. The van der Waals surface area contributed by atoms with Gasteiger partial charge in [0.05, 0.1) is 18.8 Å². The van der Waals surface area contributed by atoms with Crippen LogP contribution in [0.2, 0.25) is 0 Å². The minimum atomic E-state index is -1.16. The maximum absolute atomic E-state index is 12.3. The van der Waals surface area contributed by atoms with Gasteiger partial charge in [0.15, 0.2) is 0 Å². The van der Waals surface area contributed by atoms with Crippen molar-refractivity contribution in [1.29, 1.82) is 0 Å². The third-order valence-electron chi connectivity index (χ3n) is 8.29. The van der Waals surface area contributed by atoms with E-state index < -0.39 is 18.2 Å². The van der Waals surface area contributed by atoms with Gasteiger partial charge in [-0.3, -0.25) is 4.79 Å². The molecule has 4 N–H and O–H groups in total. The normalized spacial score (nSPS) is 14.3. The van der Waals surface area contributed by atoms with E-state index in [1.54, 1.807) is 0 Å². The molecule has 0 aliphatic carbocycles. The predicted octanol–water partition coefficient (Wildman–Crippen LogP) is 9.65. The van der Waals surface area contributed by atoms with Crippen molar-refractivity contribution in [2.45, 2.75) is 193 Å². The molecular weight excluding hydrogens is 534 g/mol. The maximum atomic E-state index is 12.3. The van der Waals surface area contributed by atoms with E-state index in [4.69, 9.17) is 0 Å². The Morgan fingerprint density at radius 1 is 0.605 bits per heavy atom. The lowest BCUT2D eigenvalue weighted by Crippen LogP contribution is -2.50. The van der Waals surface area contributed by atoms with Gasteiger partial charge in [0.1, 0.15) is 6.10 Å². The topological polar surface area (TPSA) is 89.8 Å². The second-order valence-corrected chi connectivity index (χ2v) is 12.4. The molecule has 0 aromatic rings. The van der Waals surface area contributed by atoms with Crippen molar-refractivity contribution >= 4 is 5.91 Å². The summed E-state index contributed by atoms with van der Waals surface area (Å²) in [4.78, 5) is 12.3. The Morgan fingerprint density at radius 3 is 1.56 bits per heavy atom. The zero-order valence-electron chi connectivity index (χ0n) is 28.3. The van der Waals surface area contributed by atoms with E-state index in [9.17, 15) is 20.1 Å². The van der Waals surface area contributed by atoms with Gasteiger partial charge >= 0.3 is 0 Å². The number of amides is 1. The minimum Gasteiger partial charge on any atom is -0.394 e. The monoisotopic (exact) mass is 606 g/mol. The van der Waals surface area contributed by atoms with Crippen molar-refractivity contribution in [2.75, 3.05) is 6.61 Å². The lowest BCUT2D eigenvalue weighted by atomic mass is 10.0. The fourth-order valence-corrected chi connectivity index (χ4v) is 5.41. The summed E-state index contributed by atoms with van der Waals surface area (Å²) in [7, 11) is 0. The molecule has 0 radical (unpaired) electrons. The third-order valence-corrected chi connectivity index (χ3v) is 8.29. The summed E-state index contributed by atoms with van der Waals surface area (Å²) in [5.74, 6) is -0.168. The van der Waals surface area contributed by atoms with Gasteiger partial charge in [0.2, 0.25) is 5.91 Å². The van der Waals surface area contributed by atoms with E-state index in [-0.39, 0.29) is 12.5 Å². The van der Waals surface area contributed by atoms with Gasteiger partial charge in [-0.05, 0) is 71.1 Å². The van der Waals surface area contributed by atoms with Crippen molar-refractivity contribution in [2.24, 2.45) is 0 Å². The number of rotatable bonds is 32. The molecule has 0 aliphatic heterocycles. The molecule has 0 fully saturated rings. The summed E-state index contributed by atoms with van der Waals surface area (Å²) in [5.41, 5.74) is 0. The van der Waals surface area contributed by atoms with Crippen LogP contribution in [0.1, 0.15) is 174 Å². The molecule has 0 aliphatic rings. The van der Waals surface area contributed by atoms with Gasteiger partial charge in [-0.1, -0.05) is 133 Å². The minimum absolute atomic E-state index is 0.168. The van der Waals surface area contributed by atoms with Gasteiger partial charge in [-0.2, -0.15) is 0 Å². The SMILES string of the molecule is C/C=C/CC/C=C/CCCC(O)C(O)C(CO)NC(=O)CCCCCCCCC/C=C\CCCCCCCCCCCC. The summed E-state index contributed by atoms with van der Waals surface area (Å²) in [5, 5.41) is 33.1. The maximum Gasteiger partial charge on any atom is 0.220 e. The number of nitrogens with one attached hydrogen (secondary N) is 1. The lowest BCUT2D eigenvalue weighted by molar-refractivity contribution is -0.124. The highest BCUT2D eigenvalue weighted by atomic mass is 16.3. The molecule has 5 nitrogen and oxygen atoms in total. The Bertz CT molecular complexity index is 675. The lowest BCUT2D eigenvalue weighted by Gasteiger charge is -2.26. The Balaban J connectivity index is 3.64. The molecule has 3 unspecified atom stereocenters. The molecular formula is C38H71NO4. The van der Waals surface area contributed by atoms with Gasteiger partial charge in [-0.15, -0.1) is 0 Å². The summed E-state index contributed by atoms with van der Waals surface area (Å²) in [6, 6.07) is -0.831. The molecule has 0 saturated carbocycles. The predicted molar refractivity (Wildman–Crippen MR) is 185 cm³/mol. The van der Waals surface area contributed by atoms with Gasteiger partial charge in [0, 0.05) is 6.42 Å². The van der Waals surface area contributed by atoms with Crippen LogP contribution < -0.4 is 5.32 Å². The van der Waals surface area contributed by atoms with Crippen molar-refractivity contribution in [3.8, 4) is 0 Å². The quantitative estimate of drug-likeness (QED) is 0.0454. The Hall–Kier alpha value is -1.43. The van der Waals surface area contributed by atoms with Crippen LogP contribution in [0.4, 0.5) is 0 Å². The number of aliphatic hydroxyl groups is 3. The Morgan fingerprint density at radius 2 is 1.05 bits per heavy atom. The summed E-state index contributed by atoms with van der Waals surface area (Å²) in [6.07, 6.45) is 39.9. The van der Waals surface area contributed by atoms with Crippen LogP contribution in [0.5, 0.6) is 0 Å². The zero-order valence-corrected chi connectivity index (χ0v) is 28.3. The number of carbonyl (C=O) groups is 1. The highest BCUT2D eigenvalue weighted by Crippen LogP contribution is 2.14. The molecule has 1 amide bonds. The molecule has 5 heteroatoms. The van der Waals surface area contributed by atoms with E-state index in [1.807, 2.05) is 13.0 Å². The number of unbranched alkanes of at least 4 members (excludes halogenated alkanes) is 19. The first kappa shape index (κ1) is 41.6. The largest absolute Gasteiger partial charge is 0.394 e. The number of aliphatic hydroxyl groups excluding tert-OH is 3. The smallest absolute Gasteiger partial charge is 0.220 e. The summed E-state index contributed by atoms with van der Waals surface area (Å²) < 4.78 is 0. The molecule has 0 heterocycles. The molecule has 43 heavy (non-hydrogen) atoms. The van der Waals surface area contributed by atoms with Crippen LogP contribution in [0.25, 0.3) is 0 Å². The number of allylic oxidation sites excluding steroid dienone is 6. The standard InChI is InChI=1S/C38H71NO4/c1-3-5-7-9-11-13-14-15-16-17-18-19-20-21-22-23-24-25-27-29-31-33-37(42)39-35(34-40)38(43)36(41)32-30-28-26-12-10-8-6-4-2/h4,6,12,19-20,26,35-36,38,40-41,43H,3,5,7-11,13-18,21-25,27-34H2,1-2H3,(H,39,42)/b6-4+,20-19-,26-12+. The van der Waals surface area contributed by atoms with Gasteiger partial charge < -0.3 is 20.6 Å². The highest BCUT2D eigenvalue weighted by Gasteiger charge is 2.26. The van der Waals surface area contributed by atoms with Crippen LogP contribution in [0.3, 0.4) is 0 Å². The third kappa shape index (κ3) is 29.1. The van der Waals surface area contributed by atoms with Crippen LogP contribution in [0, 0.1) is 0 Å². The molecule has 0 aromatic heterocycles. The molecule has 0 spiro atoms. The summed E-state index contributed by atoms with van der Waals surface area (Å²) in [6.45, 7) is 3.91. The van der Waals surface area contributed by atoms with Gasteiger partial charge in [-0.25, -0.2) is 0 Å². The second kappa shape index (κ2) is 33.5. The molecule has 252 valence electrons. The first-order valence-corrected chi connectivity index (χ1v) is 18.2. The van der Waals surface area contributed by atoms with E-state index >= 15 is 0 Å². The van der Waals surface area contributed by atoms with Crippen LogP contribution in [-0.2, 0) is 4.79 Å². The van der Waals surface area contributed by atoms with Crippen LogP contribution >= 0.6 is 0 Å². The van der Waals surface area contributed by atoms with E-state index in [0.717, 1.165) is 44.9 Å². The Kier molecular flexibility index (Phi) is 32.3. The zero-order chi connectivity index (χ0) is 31.6. The molecule has 0 bridgehead atoms. The van der Waals surface area contributed by atoms with Crippen molar-refractivity contribution in [3.63, 3.8) is 0 Å². The molecule has 0 saturated heterocycles. The summed E-state index contributed by atoms with van der Waals surface area (Å²) >= 11 is 0. The van der Waals surface area contributed by atoms with Crippen LogP contribution in [0.15, 0.2) is 36.5 Å².